The lowest BCUT2D eigenvalue weighted by Gasteiger charge is -2.14. The zero-order valence-corrected chi connectivity index (χ0v) is 9.14. The van der Waals surface area contributed by atoms with Crippen molar-refractivity contribution in [3.63, 3.8) is 0 Å². The van der Waals surface area contributed by atoms with E-state index in [1.165, 1.54) is 6.92 Å². The van der Waals surface area contributed by atoms with E-state index in [1.54, 1.807) is 0 Å². The molecule has 90 valence electrons. The van der Waals surface area contributed by atoms with Gasteiger partial charge in [-0.25, -0.2) is 0 Å². The topological polar surface area (TPSA) is 128 Å². The maximum atomic E-state index is 10.8. The van der Waals surface area contributed by atoms with Crippen molar-refractivity contribution in [3.8, 4) is 5.75 Å². The number of hydrogen-bond acceptors (Lipinski definition) is 6. The van der Waals surface area contributed by atoms with Gasteiger partial charge in [0, 0.05) is 17.3 Å². The number of hydrogen-bond donors (Lipinski definition) is 4. The Balaban J connectivity index is 3.47. The summed E-state index contributed by atoms with van der Waals surface area (Å²) in [6.07, 6.45) is 1.11. The molecule has 1 unspecified atom stereocenters. The molecule has 7 nitrogen and oxygen atoms in total. The zero-order chi connectivity index (χ0) is 12.5. The summed E-state index contributed by atoms with van der Waals surface area (Å²) in [6, 6.07) is 0. The predicted octanol–water partition coefficient (Wildman–Crippen LogP) is -0.533. The highest BCUT2D eigenvalue weighted by molar-refractivity contribution is 7.85. The van der Waals surface area contributed by atoms with Gasteiger partial charge in [0.05, 0.1) is 12.3 Å². The fourth-order valence-electron chi connectivity index (χ4n) is 1.20. The van der Waals surface area contributed by atoms with Crippen molar-refractivity contribution in [2.24, 2.45) is 0 Å². The summed E-state index contributed by atoms with van der Waals surface area (Å²) >= 11 is 0. The molecule has 0 radical (unpaired) electrons. The first kappa shape index (κ1) is 12.8. The van der Waals surface area contributed by atoms with Crippen molar-refractivity contribution in [2.45, 2.75) is 19.0 Å². The summed E-state index contributed by atoms with van der Waals surface area (Å²) in [5, 5.41) is 27.8. The standard InChI is InChI=1S/C8H11NO6S/c1-4-7(11)6(5(3-10)2-9-4)8(12)16(13,14)15/h2,8,10-12H,3H2,1H3,(H,13,14,15). The molecule has 0 aromatic carbocycles. The van der Waals surface area contributed by atoms with Crippen molar-refractivity contribution < 1.29 is 28.3 Å². The van der Waals surface area contributed by atoms with Crippen LogP contribution in [0.5, 0.6) is 5.75 Å². The third-order valence-electron chi connectivity index (χ3n) is 2.06. The normalized spacial score (nSPS) is 13.8. The van der Waals surface area contributed by atoms with Gasteiger partial charge in [0.2, 0.25) is 5.44 Å². The van der Waals surface area contributed by atoms with Crippen LogP contribution in [-0.2, 0) is 16.7 Å². The first-order chi connectivity index (χ1) is 7.29. The highest BCUT2D eigenvalue weighted by Gasteiger charge is 2.28. The third-order valence-corrected chi connectivity index (χ3v) is 2.86. The minimum atomic E-state index is -4.77. The molecule has 0 fully saturated rings. The highest BCUT2D eigenvalue weighted by Crippen LogP contribution is 2.32. The number of aliphatic hydroxyl groups is 2. The van der Waals surface area contributed by atoms with Crippen LogP contribution in [-0.4, -0.2) is 33.3 Å². The molecule has 4 N–H and O–H groups in total. The fraction of sp³-hybridized carbons (Fsp3) is 0.375. The summed E-state index contributed by atoms with van der Waals surface area (Å²) in [5.41, 5.74) is -2.77. The van der Waals surface area contributed by atoms with E-state index in [0.717, 1.165) is 6.20 Å². The van der Waals surface area contributed by atoms with Gasteiger partial charge in [-0.1, -0.05) is 0 Å². The van der Waals surface area contributed by atoms with E-state index in [4.69, 9.17) is 9.66 Å². The lowest BCUT2D eigenvalue weighted by molar-refractivity contribution is 0.224. The van der Waals surface area contributed by atoms with Crippen molar-refractivity contribution in [1.29, 1.82) is 0 Å². The SMILES string of the molecule is Cc1ncc(CO)c(C(O)S(=O)(=O)O)c1O. The average Bonchev–Trinajstić information content (AvgIpc) is 2.19. The Bertz CT molecular complexity index is 497. The molecule has 0 bridgehead atoms. The van der Waals surface area contributed by atoms with Gasteiger partial charge in [-0.15, -0.1) is 0 Å². The van der Waals surface area contributed by atoms with Gasteiger partial charge in [-0.3, -0.25) is 9.54 Å². The molecule has 1 heterocycles. The first-order valence-corrected chi connectivity index (χ1v) is 5.72. The van der Waals surface area contributed by atoms with Gasteiger partial charge in [-0.05, 0) is 6.92 Å². The van der Waals surface area contributed by atoms with E-state index in [9.17, 15) is 18.6 Å². The Hall–Kier alpha value is -1.22. The summed E-state index contributed by atoms with van der Waals surface area (Å²) in [6.45, 7) is 0.763. The van der Waals surface area contributed by atoms with Crippen LogP contribution < -0.4 is 0 Å². The summed E-state index contributed by atoms with van der Waals surface area (Å²) in [4.78, 5) is 3.68. The molecule has 1 rings (SSSR count). The minimum absolute atomic E-state index is 0.0757. The number of aromatic nitrogens is 1. The average molecular weight is 249 g/mol. The van der Waals surface area contributed by atoms with E-state index < -0.39 is 33.5 Å². The third kappa shape index (κ3) is 2.30. The largest absolute Gasteiger partial charge is 0.506 e. The van der Waals surface area contributed by atoms with Gasteiger partial charge in [-0.2, -0.15) is 8.42 Å². The molecule has 8 heteroatoms. The highest BCUT2D eigenvalue weighted by atomic mass is 32.2. The molecular weight excluding hydrogens is 238 g/mol. The van der Waals surface area contributed by atoms with Crippen LogP contribution in [0.4, 0.5) is 0 Å². The Morgan fingerprint density at radius 3 is 2.50 bits per heavy atom. The fourth-order valence-corrected chi connectivity index (χ4v) is 1.76. The molecule has 16 heavy (non-hydrogen) atoms. The maximum Gasteiger partial charge on any atom is 0.296 e. The summed E-state index contributed by atoms with van der Waals surface area (Å²) < 4.78 is 30.2. The quantitative estimate of drug-likeness (QED) is 0.530. The number of aryl methyl sites for hydroxylation is 1. The van der Waals surface area contributed by atoms with Crippen LogP contribution in [0, 0.1) is 6.92 Å². The van der Waals surface area contributed by atoms with E-state index in [2.05, 4.69) is 4.98 Å². The Kier molecular flexibility index (Phi) is 3.48. The second-order valence-electron chi connectivity index (χ2n) is 3.16. The minimum Gasteiger partial charge on any atom is -0.506 e. The summed E-state index contributed by atoms with van der Waals surface area (Å²) in [5.74, 6) is -0.573. The summed E-state index contributed by atoms with van der Waals surface area (Å²) in [7, 11) is -4.77. The molecule has 1 aromatic heterocycles. The van der Waals surface area contributed by atoms with Gasteiger partial charge < -0.3 is 15.3 Å². The lowest BCUT2D eigenvalue weighted by Crippen LogP contribution is -2.14. The first-order valence-electron chi connectivity index (χ1n) is 4.21. The van der Waals surface area contributed by atoms with E-state index in [0.29, 0.717) is 0 Å². The molecule has 1 aromatic rings. The van der Waals surface area contributed by atoms with E-state index in [1.807, 2.05) is 0 Å². The zero-order valence-electron chi connectivity index (χ0n) is 8.32. The molecule has 0 amide bonds. The molecule has 1 atom stereocenters. The molecule has 0 aliphatic heterocycles. The van der Waals surface area contributed by atoms with Gasteiger partial charge in [0.15, 0.2) is 0 Å². The Morgan fingerprint density at radius 1 is 1.50 bits per heavy atom. The molecule has 0 aliphatic carbocycles. The second-order valence-corrected chi connectivity index (χ2v) is 4.63. The number of aliphatic hydroxyl groups excluding tert-OH is 2. The van der Waals surface area contributed by atoms with Crippen LogP contribution in [0.15, 0.2) is 6.20 Å². The molecule has 0 saturated carbocycles. The number of pyridine rings is 1. The Morgan fingerprint density at radius 2 is 2.06 bits per heavy atom. The van der Waals surface area contributed by atoms with Crippen LogP contribution in [0.25, 0.3) is 0 Å². The van der Waals surface area contributed by atoms with Crippen molar-refractivity contribution >= 4 is 10.1 Å². The van der Waals surface area contributed by atoms with Crippen molar-refractivity contribution in [3.05, 3.63) is 23.0 Å². The van der Waals surface area contributed by atoms with Gasteiger partial charge >= 0.3 is 0 Å². The van der Waals surface area contributed by atoms with E-state index in [-0.39, 0.29) is 11.3 Å². The molecule has 0 spiro atoms. The smallest absolute Gasteiger partial charge is 0.296 e. The van der Waals surface area contributed by atoms with Gasteiger partial charge in [0.1, 0.15) is 5.75 Å². The van der Waals surface area contributed by atoms with Crippen LogP contribution in [0.1, 0.15) is 22.3 Å². The number of rotatable bonds is 3. The Labute approximate surface area is 91.8 Å². The molecular formula is C8H11NO6S. The molecule has 0 saturated heterocycles. The number of nitrogens with zero attached hydrogens (tertiary/aromatic N) is 1. The van der Waals surface area contributed by atoms with Crippen LogP contribution >= 0.6 is 0 Å². The number of aromatic hydroxyl groups is 1. The van der Waals surface area contributed by atoms with Crippen molar-refractivity contribution in [1.82, 2.24) is 4.98 Å². The maximum absolute atomic E-state index is 10.8. The lowest BCUT2D eigenvalue weighted by atomic mass is 10.1. The van der Waals surface area contributed by atoms with Crippen LogP contribution in [0.3, 0.4) is 0 Å². The van der Waals surface area contributed by atoms with Crippen LogP contribution in [0.2, 0.25) is 0 Å². The van der Waals surface area contributed by atoms with E-state index >= 15 is 0 Å². The second kappa shape index (κ2) is 4.34. The predicted molar refractivity (Wildman–Crippen MR) is 53.1 cm³/mol. The van der Waals surface area contributed by atoms with Gasteiger partial charge in [0.25, 0.3) is 10.1 Å². The molecule has 0 aliphatic rings. The monoisotopic (exact) mass is 249 g/mol. The van der Waals surface area contributed by atoms with Crippen molar-refractivity contribution in [2.75, 3.05) is 0 Å².